The van der Waals surface area contributed by atoms with E-state index in [-0.39, 0.29) is 6.04 Å². The van der Waals surface area contributed by atoms with Crippen LogP contribution in [0.1, 0.15) is 18.4 Å². The molecule has 3 aromatic rings. The highest BCUT2D eigenvalue weighted by molar-refractivity contribution is 5.76. The van der Waals surface area contributed by atoms with E-state index in [1.165, 1.54) is 0 Å². The number of hydrogen-bond acceptors (Lipinski definition) is 6. The second kappa shape index (κ2) is 8.16. The highest BCUT2D eigenvalue weighted by Gasteiger charge is 2.20. The molecule has 9 nitrogen and oxygen atoms in total. The van der Waals surface area contributed by atoms with Crippen LogP contribution in [0.2, 0.25) is 0 Å². The number of aromatic nitrogens is 3. The maximum absolute atomic E-state index is 8.61. The summed E-state index contributed by atoms with van der Waals surface area (Å²) in [7, 11) is 1.65. The Hall–Kier alpha value is -3.29. The Morgan fingerprint density at radius 3 is 2.96 bits per heavy atom. The van der Waals surface area contributed by atoms with E-state index in [0.717, 1.165) is 60.8 Å². The molecule has 1 aliphatic rings. The lowest BCUT2D eigenvalue weighted by Gasteiger charge is -2.29. The lowest BCUT2D eigenvalue weighted by atomic mass is 10.1. The van der Waals surface area contributed by atoms with Crippen molar-refractivity contribution in [3.05, 3.63) is 58.9 Å². The van der Waals surface area contributed by atoms with E-state index >= 15 is 0 Å². The van der Waals surface area contributed by atoms with Gasteiger partial charge in [-0.15, -0.1) is 0 Å². The molecule has 28 heavy (non-hydrogen) atoms. The molecule has 0 bridgehead atoms. The Balaban J connectivity index is 1.56. The zero-order valence-electron chi connectivity index (χ0n) is 15.7. The molecule has 0 saturated carbocycles. The smallest absolute Gasteiger partial charge is 0.158 e. The van der Waals surface area contributed by atoms with Crippen LogP contribution in [0.25, 0.3) is 16.0 Å². The van der Waals surface area contributed by atoms with Crippen LogP contribution in [-0.4, -0.2) is 45.7 Å². The minimum Gasteiger partial charge on any atom is -0.497 e. The Morgan fingerprint density at radius 1 is 1.32 bits per heavy atom. The number of azide groups is 1. The van der Waals surface area contributed by atoms with E-state index < -0.39 is 0 Å². The highest BCUT2D eigenvalue weighted by atomic mass is 16.5. The third-order valence-corrected chi connectivity index (χ3v) is 5.04. The summed E-state index contributed by atoms with van der Waals surface area (Å²) in [5, 5.41) is 11.6. The molecular formula is C19H22N8O. The molecule has 0 spiro atoms. The van der Waals surface area contributed by atoms with E-state index in [1.807, 2.05) is 35.0 Å². The quantitative estimate of drug-likeness (QED) is 0.400. The third kappa shape index (κ3) is 3.85. The molecule has 3 heterocycles. The van der Waals surface area contributed by atoms with Gasteiger partial charge in [0, 0.05) is 35.4 Å². The maximum atomic E-state index is 8.61. The number of rotatable bonds is 6. The van der Waals surface area contributed by atoms with Gasteiger partial charge in [-0.25, -0.2) is 9.50 Å². The number of likely N-dealkylation sites (tertiary alicyclic amines) is 1. The minimum atomic E-state index is 0.112. The van der Waals surface area contributed by atoms with Gasteiger partial charge in [0.25, 0.3) is 0 Å². The topological polar surface area (TPSA) is 103 Å². The normalized spacial score (nSPS) is 15.3. The molecule has 0 radical (unpaired) electrons. The number of nitrogens with zero attached hydrogens (tertiary/aromatic N) is 7. The number of ether oxygens (including phenoxy) is 1. The van der Waals surface area contributed by atoms with E-state index in [9.17, 15) is 0 Å². The van der Waals surface area contributed by atoms with Gasteiger partial charge in [-0.05, 0) is 55.2 Å². The van der Waals surface area contributed by atoms with Crippen LogP contribution in [0.15, 0.2) is 48.0 Å². The fourth-order valence-corrected chi connectivity index (χ4v) is 3.58. The van der Waals surface area contributed by atoms with Crippen LogP contribution >= 0.6 is 0 Å². The van der Waals surface area contributed by atoms with Gasteiger partial charge in [0.2, 0.25) is 0 Å². The number of benzene rings is 1. The van der Waals surface area contributed by atoms with Gasteiger partial charge in [0.1, 0.15) is 17.6 Å². The van der Waals surface area contributed by atoms with Gasteiger partial charge in [-0.2, -0.15) is 5.10 Å². The molecule has 4 rings (SSSR count). The fourth-order valence-electron chi connectivity index (χ4n) is 3.58. The average Bonchev–Trinajstić information content (AvgIpc) is 3.14. The lowest BCUT2D eigenvalue weighted by Crippen LogP contribution is -2.34. The molecule has 9 heteroatoms. The number of methoxy groups -OCH3 is 1. The Kier molecular flexibility index (Phi) is 5.27. The SMILES string of the molecule is COc1cccc(Nc2ncnn3ccc(CN4CCC(N=[N+]=[N-])CC4)c23)c1. The van der Waals surface area contributed by atoms with Gasteiger partial charge in [-0.1, -0.05) is 11.2 Å². The molecule has 0 amide bonds. The van der Waals surface area contributed by atoms with Crippen molar-refractivity contribution in [1.29, 1.82) is 0 Å². The molecule has 1 aliphatic heterocycles. The van der Waals surface area contributed by atoms with Crippen LogP contribution < -0.4 is 10.1 Å². The minimum absolute atomic E-state index is 0.112. The lowest BCUT2D eigenvalue weighted by molar-refractivity contribution is 0.206. The van der Waals surface area contributed by atoms with E-state index in [2.05, 4.69) is 36.4 Å². The number of anilines is 2. The Morgan fingerprint density at radius 2 is 2.18 bits per heavy atom. The average molecular weight is 378 g/mol. The molecule has 2 aromatic heterocycles. The molecule has 1 aromatic carbocycles. The summed E-state index contributed by atoms with van der Waals surface area (Å²) in [4.78, 5) is 9.77. The number of nitrogens with one attached hydrogen (secondary N) is 1. The molecule has 1 saturated heterocycles. The van der Waals surface area contributed by atoms with Gasteiger partial charge in [0.05, 0.1) is 7.11 Å². The molecule has 0 atom stereocenters. The summed E-state index contributed by atoms with van der Waals surface area (Å²) in [5.41, 5.74) is 11.6. The zero-order chi connectivity index (χ0) is 19.3. The second-order valence-electron chi connectivity index (χ2n) is 6.81. The first kappa shape index (κ1) is 18.1. The molecule has 1 N–H and O–H groups in total. The number of hydrogen-bond donors (Lipinski definition) is 1. The van der Waals surface area contributed by atoms with E-state index in [4.69, 9.17) is 10.3 Å². The maximum Gasteiger partial charge on any atom is 0.158 e. The van der Waals surface area contributed by atoms with Crippen LogP contribution in [0, 0.1) is 0 Å². The van der Waals surface area contributed by atoms with Crippen molar-refractivity contribution in [2.75, 3.05) is 25.5 Å². The summed E-state index contributed by atoms with van der Waals surface area (Å²) in [6, 6.07) is 9.95. The van der Waals surface area contributed by atoms with Crippen molar-refractivity contribution in [2.24, 2.45) is 5.11 Å². The summed E-state index contributed by atoms with van der Waals surface area (Å²) in [6.45, 7) is 2.63. The van der Waals surface area contributed by atoms with Gasteiger partial charge in [0.15, 0.2) is 5.82 Å². The predicted molar refractivity (Wildman–Crippen MR) is 107 cm³/mol. The Labute approximate surface area is 162 Å². The zero-order valence-corrected chi connectivity index (χ0v) is 15.7. The summed E-state index contributed by atoms with van der Waals surface area (Å²) >= 11 is 0. The van der Waals surface area contributed by atoms with Crippen LogP contribution in [0.5, 0.6) is 5.75 Å². The van der Waals surface area contributed by atoms with E-state index in [1.54, 1.807) is 13.4 Å². The van der Waals surface area contributed by atoms with Crippen LogP contribution in [0.3, 0.4) is 0 Å². The van der Waals surface area contributed by atoms with Crippen LogP contribution in [0.4, 0.5) is 11.5 Å². The van der Waals surface area contributed by atoms with Crippen molar-refractivity contribution in [2.45, 2.75) is 25.4 Å². The van der Waals surface area contributed by atoms with E-state index in [0.29, 0.717) is 0 Å². The molecular weight excluding hydrogens is 356 g/mol. The largest absolute Gasteiger partial charge is 0.497 e. The van der Waals surface area contributed by atoms with Crippen molar-refractivity contribution >= 4 is 17.0 Å². The van der Waals surface area contributed by atoms with Gasteiger partial charge >= 0.3 is 0 Å². The number of piperidine rings is 1. The summed E-state index contributed by atoms with van der Waals surface area (Å²) in [6.07, 6.45) is 5.28. The van der Waals surface area contributed by atoms with Crippen molar-refractivity contribution < 1.29 is 4.74 Å². The molecule has 0 aliphatic carbocycles. The predicted octanol–water partition coefficient (Wildman–Crippen LogP) is 3.76. The van der Waals surface area contributed by atoms with Crippen molar-refractivity contribution in [3.8, 4) is 5.75 Å². The summed E-state index contributed by atoms with van der Waals surface area (Å²) < 4.78 is 7.15. The van der Waals surface area contributed by atoms with Crippen molar-refractivity contribution in [3.63, 3.8) is 0 Å². The van der Waals surface area contributed by atoms with Crippen molar-refractivity contribution in [1.82, 2.24) is 19.5 Å². The highest BCUT2D eigenvalue weighted by Crippen LogP contribution is 2.26. The first-order valence-corrected chi connectivity index (χ1v) is 9.25. The standard InChI is InChI=1S/C19H22N8O/c1-28-17-4-2-3-16(11-17)23-19-18-14(5-10-27(18)22-13-21-19)12-26-8-6-15(7-9-26)24-25-20/h2-5,10-11,13,15H,6-9,12H2,1H3,(H,21,22,23). The van der Waals surface area contributed by atoms with Gasteiger partial charge in [-0.3, -0.25) is 4.90 Å². The first-order chi connectivity index (χ1) is 13.8. The molecule has 0 unspecified atom stereocenters. The second-order valence-corrected chi connectivity index (χ2v) is 6.81. The first-order valence-electron chi connectivity index (χ1n) is 9.25. The van der Waals surface area contributed by atoms with Gasteiger partial charge < -0.3 is 10.1 Å². The fraction of sp³-hybridized carbons (Fsp3) is 0.368. The molecule has 1 fully saturated rings. The Bertz CT molecular complexity index is 1000. The van der Waals surface area contributed by atoms with Crippen LogP contribution in [-0.2, 0) is 6.54 Å². The molecule has 144 valence electrons. The number of fused-ring (bicyclic) bond motifs is 1. The summed E-state index contributed by atoms with van der Waals surface area (Å²) in [5.74, 6) is 1.54. The monoisotopic (exact) mass is 378 g/mol. The third-order valence-electron chi connectivity index (χ3n) is 5.04.